The van der Waals surface area contributed by atoms with Crippen molar-refractivity contribution >= 4 is 35.1 Å². The van der Waals surface area contributed by atoms with Gasteiger partial charge in [0, 0.05) is 26.2 Å². The zero-order chi connectivity index (χ0) is 22.3. The molecule has 2 fully saturated rings. The first kappa shape index (κ1) is 20.7. The van der Waals surface area contributed by atoms with Crippen molar-refractivity contribution in [3.63, 3.8) is 0 Å². The highest BCUT2D eigenvalue weighted by atomic mass is 32.1. The monoisotopic (exact) mass is 452 g/mol. The van der Waals surface area contributed by atoms with Crippen LogP contribution in [0.1, 0.15) is 33.6 Å². The SMILES string of the molecule is O=C(CN1C(=O)NC2(CCCc3ccccc32)C1=O)N1CCN(C(=O)c2cccs2)CC1. The smallest absolute Gasteiger partial charge is 0.325 e. The van der Waals surface area contributed by atoms with E-state index in [-0.39, 0.29) is 24.3 Å². The summed E-state index contributed by atoms with van der Waals surface area (Å²) in [5.41, 5.74) is 0.824. The number of amides is 5. The van der Waals surface area contributed by atoms with E-state index in [1.54, 1.807) is 15.9 Å². The zero-order valence-electron chi connectivity index (χ0n) is 17.6. The molecule has 8 nitrogen and oxygen atoms in total. The summed E-state index contributed by atoms with van der Waals surface area (Å²) in [7, 11) is 0. The van der Waals surface area contributed by atoms with Gasteiger partial charge in [0.15, 0.2) is 0 Å². The number of fused-ring (bicyclic) bond motifs is 2. The molecule has 2 aliphatic heterocycles. The maximum Gasteiger partial charge on any atom is 0.325 e. The van der Waals surface area contributed by atoms with Crippen LogP contribution in [0.4, 0.5) is 4.79 Å². The minimum Gasteiger partial charge on any atom is -0.338 e. The second kappa shape index (κ2) is 8.05. The predicted octanol–water partition coefficient (Wildman–Crippen LogP) is 1.82. The maximum atomic E-state index is 13.4. The Bertz CT molecular complexity index is 1080. The lowest BCUT2D eigenvalue weighted by atomic mass is 9.76. The van der Waals surface area contributed by atoms with Gasteiger partial charge in [0.1, 0.15) is 12.1 Å². The Morgan fingerprint density at radius 1 is 1.00 bits per heavy atom. The fourth-order valence-corrected chi connectivity index (χ4v) is 5.60. The van der Waals surface area contributed by atoms with E-state index in [0.29, 0.717) is 37.5 Å². The second-order valence-electron chi connectivity index (χ2n) is 8.39. The minimum atomic E-state index is -1.07. The van der Waals surface area contributed by atoms with E-state index in [2.05, 4.69) is 5.32 Å². The van der Waals surface area contributed by atoms with E-state index in [0.717, 1.165) is 28.9 Å². The highest BCUT2D eigenvalue weighted by molar-refractivity contribution is 7.12. The van der Waals surface area contributed by atoms with Crippen LogP contribution in [0, 0.1) is 0 Å². The first-order valence-electron chi connectivity index (χ1n) is 10.8. The van der Waals surface area contributed by atoms with Crippen LogP contribution in [-0.4, -0.2) is 71.2 Å². The summed E-state index contributed by atoms with van der Waals surface area (Å²) in [6, 6.07) is 10.8. The molecule has 32 heavy (non-hydrogen) atoms. The van der Waals surface area contributed by atoms with Crippen LogP contribution < -0.4 is 5.32 Å². The Labute approximate surface area is 189 Å². The number of carbonyl (C=O) groups excluding carboxylic acids is 4. The van der Waals surface area contributed by atoms with E-state index in [1.165, 1.54) is 11.3 Å². The van der Waals surface area contributed by atoms with Crippen molar-refractivity contribution in [2.24, 2.45) is 0 Å². The number of rotatable bonds is 3. The van der Waals surface area contributed by atoms with E-state index >= 15 is 0 Å². The van der Waals surface area contributed by atoms with Crippen molar-refractivity contribution in [2.75, 3.05) is 32.7 Å². The lowest BCUT2D eigenvalue weighted by molar-refractivity contribution is -0.140. The summed E-state index contributed by atoms with van der Waals surface area (Å²) in [6.07, 6.45) is 2.20. The number of nitrogens with zero attached hydrogens (tertiary/aromatic N) is 3. The minimum absolute atomic E-state index is 0.0286. The number of hydrogen-bond donors (Lipinski definition) is 1. The summed E-state index contributed by atoms with van der Waals surface area (Å²) in [4.78, 5) is 56.6. The topological polar surface area (TPSA) is 90.0 Å². The molecule has 1 aromatic heterocycles. The third kappa shape index (κ3) is 3.37. The first-order chi connectivity index (χ1) is 15.5. The number of urea groups is 1. The number of carbonyl (C=O) groups is 4. The van der Waals surface area contributed by atoms with E-state index in [4.69, 9.17) is 0 Å². The molecule has 9 heteroatoms. The normalized spacial score (nSPS) is 22.8. The molecule has 1 spiro atoms. The van der Waals surface area contributed by atoms with Gasteiger partial charge in [-0.05, 0) is 41.8 Å². The van der Waals surface area contributed by atoms with Gasteiger partial charge in [-0.2, -0.15) is 0 Å². The highest BCUT2D eigenvalue weighted by Gasteiger charge is 2.54. The third-order valence-corrected chi connectivity index (χ3v) is 7.45. The van der Waals surface area contributed by atoms with Gasteiger partial charge < -0.3 is 15.1 Å². The summed E-state index contributed by atoms with van der Waals surface area (Å²) in [6.45, 7) is 1.34. The van der Waals surface area contributed by atoms with Crippen LogP contribution in [0.2, 0.25) is 0 Å². The summed E-state index contributed by atoms with van der Waals surface area (Å²) >= 11 is 1.40. The summed E-state index contributed by atoms with van der Waals surface area (Å²) < 4.78 is 0. The molecule has 166 valence electrons. The number of aryl methyl sites for hydroxylation is 1. The Balaban J connectivity index is 1.25. The molecule has 1 atom stereocenters. The van der Waals surface area contributed by atoms with Gasteiger partial charge in [0.2, 0.25) is 5.91 Å². The van der Waals surface area contributed by atoms with Gasteiger partial charge in [0.25, 0.3) is 11.8 Å². The number of benzene rings is 1. The Kier molecular flexibility index (Phi) is 5.21. The summed E-state index contributed by atoms with van der Waals surface area (Å²) in [5, 5.41) is 4.75. The predicted molar refractivity (Wildman–Crippen MR) is 118 cm³/mol. The first-order valence-corrected chi connectivity index (χ1v) is 11.7. The van der Waals surface area contributed by atoms with Gasteiger partial charge >= 0.3 is 6.03 Å². The molecule has 5 rings (SSSR count). The quantitative estimate of drug-likeness (QED) is 0.720. The van der Waals surface area contributed by atoms with Crippen molar-refractivity contribution in [1.29, 1.82) is 0 Å². The van der Waals surface area contributed by atoms with Crippen molar-refractivity contribution < 1.29 is 19.2 Å². The molecule has 3 heterocycles. The molecule has 1 N–H and O–H groups in total. The molecule has 3 aliphatic rings. The van der Waals surface area contributed by atoms with E-state index in [1.807, 2.05) is 35.7 Å². The van der Waals surface area contributed by atoms with Gasteiger partial charge in [-0.25, -0.2) is 4.79 Å². The summed E-state index contributed by atoms with van der Waals surface area (Å²) in [5.74, 6) is -0.661. The lowest BCUT2D eigenvalue weighted by Gasteiger charge is -2.35. The van der Waals surface area contributed by atoms with Gasteiger partial charge in [0.05, 0.1) is 4.88 Å². The van der Waals surface area contributed by atoms with E-state index in [9.17, 15) is 19.2 Å². The molecule has 0 saturated carbocycles. The van der Waals surface area contributed by atoms with Gasteiger partial charge in [-0.1, -0.05) is 30.3 Å². The fraction of sp³-hybridized carbons (Fsp3) is 0.391. The molecule has 0 bridgehead atoms. The number of thiophene rings is 1. The fourth-order valence-electron chi connectivity index (χ4n) is 4.91. The van der Waals surface area contributed by atoms with Crippen molar-refractivity contribution in [2.45, 2.75) is 24.8 Å². The zero-order valence-corrected chi connectivity index (χ0v) is 18.4. The van der Waals surface area contributed by atoms with Crippen molar-refractivity contribution in [1.82, 2.24) is 20.0 Å². The molecule has 2 aromatic rings. The van der Waals surface area contributed by atoms with Crippen LogP contribution in [-0.2, 0) is 21.5 Å². The third-order valence-electron chi connectivity index (χ3n) is 6.60. The number of hydrogen-bond acceptors (Lipinski definition) is 5. The van der Waals surface area contributed by atoms with Gasteiger partial charge in [-0.15, -0.1) is 11.3 Å². The lowest BCUT2D eigenvalue weighted by Crippen LogP contribution is -2.53. The van der Waals surface area contributed by atoms with Crippen LogP contribution in [0.5, 0.6) is 0 Å². The number of piperazine rings is 1. The van der Waals surface area contributed by atoms with Crippen LogP contribution >= 0.6 is 11.3 Å². The molecule has 1 unspecified atom stereocenters. The van der Waals surface area contributed by atoms with Crippen molar-refractivity contribution in [3.8, 4) is 0 Å². The maximum absolute atomic E-state index is 13.4. The number of nitrogens with one attached hydrogen (secondary N) is 1. The largest absolute Gasteiger partial charge is 0.338 e. The standard InChI is InChI=1S/C23H24N4O4S/c28-19(25-10-12-26(13-11-25)20(29)18-8-4-14-32-18)15-27-21(30)23(24-22(27)31)9-3-6-16-5-1-2-7-17(16)23/h1-2,4-5,7-8,14H,3,6,9-13,15H2,(H,24,31). The van der Waals surface area contributed by atoms with Crippen LogP contribution in [0.3, 0.4) is 0 Å². The number of imide groups is 1. The Morgan fingerprint density at radius 3 is 2.50 bits per heavy atom. The second-order valence-corrected chi connectivity index (χ2v) is 9.34. The molecular weight excluding hydrogens is 428 g/mol. The average molecular weight is 453 g/mol. The van der Waals surface area contributed by atoms with Crippen LogP contribution in [0.25, 0.3) is 0 Å². The Morgan fingerprint density at radius 2 is 1.75 bits per heavy atom. The molecule has 1 aromatic carbocycles. The molecule has 5 amide bonds. The van der Waals surface area contributed by atoms with Crippen molar-refractivity contribution in [3.05, 3.63) is 57.8 Å². The molecular formula is C23H24N4O4S. The highest BCUT2D eigenvalue weighted by Crippen LogP contribution is 2.39. The molecule has 1 aliphatic carbocycles. The van der Waals surface area contributed by atoms with E-state index < -0.39 is 11.6 Å². The average Bonchev–Trinajstić information content (AvgIpc) is 3.43. The van der Waals surface area contributed by atoms with Crippen LogP contribution in [0.15, 0.2) is 41.8 Å². The molecule has 2 saturated heterocycles. The Hall–Kier alpha value is -3.20. The molecule has 0 radical (unpaired) electrons. The van der Waals surface area contributed by atoms with Gasteiger partial charge in [-0.3, -0.25) is 19.3 Å².